The van der Waals surface area contributed by atoms with E-state index in [1.165, 1.54) is 11.3 Å². The number of aryl methyl sites for hydroxylation is 1. The Morgan fingerprint density at radius 1 is 1.56 bits per heavy atom. The molecule has 0 saturated carbocycles. The van der Waals surface area contributed by atoms with Crippen molar-refractivity contribution >= 4 is 21.4 Å². The van der Waals surface area contributed by atoms with Crippen molar-refractivity contribution in [3.05, 3.63) is 28.0 Å². The van der Waals surface area contributed by atoms with E-state index in [0.29, 0.717) is 18.3 Å². The fourth-order valence-electron chi connectivity index (χ4n) is 1.26. The van der Waals surface area contributed by atoms with Gasteiger partial charge in [0.15, 0.2) is 5.82 Å². The zero-order valence-corrected chi connectivity index (χ0v) is 11.2. The molecule has 0 bridgehead atoms. The quantitative estimate of drug-likeness (QED) is 0.822. The molecule has 2 aromatic heterocycles. The van der Waals surface area contributed by atoms with Gasteiger partial charge in [0.1, 0.15) is 0 Å². The predicted molar refractivity (Wildman–Crippen MR) is 65.3 cm³/mol. The number of thiophene rings is 1. The first-order valence-corrected chi connectivity index (χ1v) is 7.44. The Morgan fingerprint density at radius 3 is 2.89 bits per heavy atom. The van der Waals surface area contributed by atoms with Crippen LogP contribution in [-0.2, 0) is 23.1 Å². The van der Waals surface area contributed by atoms with Crippen LogP contribution < -0.4 is 10.5 Å². The van der Waals surface area contributed by atoms with E-state index >= 15 is 0 Å². The highest BCUT2D eigenvalue weighted by Gasteiger charge is 2.16. The minimum Gasteiger partial charge on any atom is -0.340 e. The zero-order valence-electron chi connectivity index (χ0n) is 9.58. The third-order valence-corrected chi connectivity index (χ3v) is 4.62. The van der Waals surface area contributed by atoms with E-state index in [2.05, 4.69) is 14.9 Å². The average molecular weight is 288 g/mol. The molecule has 0 radical (unpaired) electrons. The van der Waals surface area contributed by atoms with Gasteiger partial charge in [-0.05, 0) is 6.07 Å². The van der Waals surface area contributed by atoms with Gasteiger partial charge in [-0.2, -0.15) is 4.98 Å². The van der Waals surface area contributed by atoms with E-state index in [9.17, 15) is 8.42 Å². The average Bonchev–Trinajstić information content (AvgIpc) is 2.95. The number of hydrogen-bond acceptors (Lipinski definition) is 7. The van der Waals surface area contributed by atoms with Crippen LogP contribution in [0, 0.1) is 6.92 Å². The Kier molecular flexibility index (Phi) is 3.76. The predicted octanol–water partition coefficient (Wildman–Crippen LogP) is 0.377. The van der Waals surface area contributed by atoms with Crippen molar-refractivity contribution in [3.63, 3.8) is 0 Å². The van der Waals surface area contributed by atoms with E-state index in [-0.39, 0.29) is 11.4 Å². The number of aromatic nitrogens is 2. The number of nitrogens with two attached hydrogens (primary N) is 1. The molecule has 3 N–H and O–H groups in total. The molecule has 0 aliphatic carbocycles. The summed E-state index contributed by atoms with van der Waals surface area (Å²) >= 11 is 1.31. The van der Waals surface area contributed by atoms with Crippen LogP contribution in [0.2, 0.25) is 0 Å². The molecular formula is C9H12N4O3S2. The number of rotatable bonds is 5. The molecule has 98 valence electrons. The Morgan fingerprint density at radius 2 is 2.33 bits per heavy atom. The van der Waals surface area contributed by atoms with E-state index in [1.54, 1.807) is 18.4 Å². The van der Waals surface area contributed by atoms with Crippen molar-refractivity contribution in [1.82, 2.24) is 14.9 Å². The molecule has 0 atom stereocenters. The summed E-state index contributed by atoms with van der Waals surface area (Å²) in [5.41, 5.74) is 5.44. The lowest BCUT2D eigenvalue weighted by Gasteiger charge is -2.01. The highest BCUT2D eigenvalue weighted by molar-refractivity contribution is 7.89. The second-order valence-corrected chi connectivity index (χ2v) is 6.27. The lowest BCUT2D eigenvalue weighted by molar-refractivity contribution is 0.387. The third kappa shape index (κ3) is 2.93. The van der Waals surface area contributed by atoms with Crippen LogP contribution in [-0.4, -0.2) is 18.6 Å². The Labute approximate surface area is 108 Å². The molecule has 9 heteroatoms. The van der Waals surface area contributed by atoms with Gasteiger partial charge in [0.2, 0.25) is 15.9 Å². The molecule has 0 unspecified atom stereocenters. The molecule has 0 saturated heterocycles. The van der Waals surface area contributed by atoms with Gasteiger partial charge in [-0.3, -0.25) is 0 Å². The van der Waals surface area contributed by atoms with Gasteiger partial charge in [-0.15, -0.1) is 11.3 Å². The molecule has 0 spiro atoms. The largest absolute Gasteiger partial charge is 0.340 e. The van der Waals surface area contributed by atoms with Crippen molar-refractivity contribution in [1.29, 1.82) is 0 Å². The van der Waals surface area contributed by atoms with Crippen LogP contribution in [0.15, 0.2) is 20.9 Å². The smallest absolute Gasteiger partial charge is 0.241 e. The summed E-state index contributed by atoms with van der Waals surface area (Å²) in [5.74, 6) is 0.690. The normalized spacial score (nSPS) is 11.9. The molecule has 0 aliphatic rings. The van der Waals surface area contributed by atoms with Crippen LogP contribution in [0.4, 0.5) is 0 Å². The van der Waals surface area contributed by atoms with Crippen molar-refractivity contribution in [2.24, 2.45) is 5.73 Å². The molecular weight excluding hydrogens is 276 g/mol. The molecule has 0 fully saturated rings. The first kappa shape index (κ1) is 13.1. The standard InChI is InChI=1S/C9H12N4O3S2/c1-6-12-9(13-16-6)4-11-18(14,15)8-2-7(3-10)17-5-8/h2,5,11H,3-4,10H2,1H3. The first-order chi connectivity index (χ1) is 8.51. The number of nitrogens with one attached hydrogen (secondary N) is 1. The molecule has 0 amide bonds. The minimum absolute atomic E-state index is 0.00647. The van der Waals surface area contributed by atoms with Crippen LogP contribution in [0.5, 0.6) is 0 Å². The molecule has 2 heterocycles. The third-order valence-electron chi connectivity index (χ3n) is 2.13. The number of sulfonamides is 1. The van der Waals surface area contributed by atoms with Crippen LogP contribution in [0.1, 0.15) is 16.6 Å². The van der Waals surface area contributed by atoms with Gasteiger partial charge in [0.25, 0.3) is 0 Å². The second-order valence-electron chi connectivity index (χ2n) is 3.51. The number of nitrogens with zero attached hydrogens (tertiary/aromatic N) is 2. The summed E-state index contributed by atoms with van der Waals surface area (Å²) < 4.78 is 31.0. The minimum atomic E-state index is -3.56. The van der Waals surface area contributed by atoms with E-state index < -0.39 is 10.0 Å². The summed E-state index contributed by atoms with van der Waals surface area (Å²) in [6.45, 7) is 1.95. The van der Waals surface area contributed by atoms with Crippen molar-refractivity contribution in [3.8, 4) is 0 Å². The lowest BCUT2D eigenvalue weighted by Crippen LogP contribution is -2.23. The first-order valence-electron chi connectivity index (χ1n) is 5.07. The maximum atomic E-state index is 11.9. The van der Waals surface area contributed by atoms with Gasteiger partial charge >= 0.3 is 0 Å². The topological polar surface area (TPSA) is 111 Å². The monoisotopic (exact) mass is 288 g/mol. The summed E-state index contributed by atoms with van der Waals surface area (Å²) in [4.78, 5) is 4.92. The molecule has 2 aromatic rings. The molecule has 18 heavy (non-hydrogen) atoms. The zero-order chi connectivity index (χ0) is 13.2. The van der Waals surface area contributed by atoms with Gasteiger partial charge in [0.05, 0.1) is 11.4 Å². The van der Waals surface area contributed by atoms with Crippen molar-refractivity contribution in [2.75, 3.05) is 0 Å². The van der Waals surface area contributed by atoms with Gasteiger partial charge in [-0.25, -0.2) is 13.1 Å². The van der Waals surface area contributed by atoms with E-state index in [0.717, 1.165) is 4.88 Å². The van der Waals surface area contributed by atoms with Crippen molar-refractivity contribution < 1.29 is 12.9 Å². The summed E-state index contributed by atoms with van der Waals surface area (Å²) in [6.07, 6.45) is 0. The lowest BCUT2D eigenvalue weighted by atomic mass is 10.5. The van der Waals surface area contributed by atoms with Crippen molar-refractivity contribution in [2.45, 2.75) is 24.9 Å². The molecule has 2 rings (SSSR count). The van der Waals surface area contributed by atoms with Gasteiger partial charge < -0.3 is 10.3 Å². The molecule has 0 aromatic carbocycles. The van der Waals surface area contributed by atoms with Gasteiger partial charge in [-0.1, -0.05) is 5.16 Å². The second kappa shape index (κ2) is 5.14. The Balaban J connectivity index is 2.07. The molecule has 7 nitrogen and oxygen atoms in total. The van der Waals surface area contributed by atoms with E-state index in [1.807, 2.05) is 0 Å². The fraction of sp³-hybridized carbons (Fsp3) is 0.333. The SMILES string of the molecule is Cc1nc(CNS(=O)(=O)c2csc(CN)c2)no1. The van der Waals surface area contributed by atoms with E-state index in [4.69, 9.17) is 10.3 Å². The summed E-state index contributed by atoms with van der Waals surface area (Å²) in [7, 11) is -3.56. The van der Waals surface area contributed by atoms with Crippen LogP contribution in [0.25, 0.3) is 0 Å². The molecule has 0 aliphatic heterocycles. The highest BCUT2D eigenvalue weighted by Crippen LogP contribution is 2.18. The summed E-state index contributed by atoms with van der Waals surface area (Å²) in [5, 5.41) is 5.15. The maximum Gasteiger partial charge on any atom is 0.241 e. The fourth-order valence-corrected chi connectivity index (χ4v) is 3.40. The summed E-state index contributed by atoms with van der Waals surface area (Å²) in [6, 6.07) is 1.55. The Hall–Kier alpha value is -1.29. The maximum absolute atomic E-state index is 11.9. The highest BCUT2D eigenvalue weighted by atomic mass is 32.2. The number of hydrogen-bond donors (Lipinski definition) is 2. The van der Waals surface area contributed by atoms with Crippen LogP contribution >= 0.6 is 11.3 Å². The van der Waals surface area contributed by atoms with Gasteiger partial charge in [0, 0.05) is 23.7 Å². The Bertz CT molecular complexity index is 632. The van der Waals surface area contributed by atoms with Crippen LogP contribution in [0.3, 0.4) is 0 Å².